The zero-order valence-electron chi connectivity index (χ0n) is 26.3. The van der Waals surface area contributed by atoms with Gasteiger partial charge in [0, 0.05) is 61.2 Å². The molecule has 2 aromatic carbocycles. The molecule has 1 atom stereocenters. The molecule has 1 saturated heterocycles. The second kappa shape index (κ2) is 14.7. The van der Waals surface area contributed by atoms with Crippen LogP contribution in [0.15, 0.2) is 47.4 Å². The van der Waals surface area contributed by atoms with Crippen LogP contribution in [0.5, 0.6) is 0 Å². The lowest BCUT2D eigenvalue weighted by Crippen LogP contribution is -2.39. The molecule has 1 aliphatic heterocycles. The lowest BCUT2D eigenvalue weighted by atomic mass is 9.88. The summed E-state index contributed by atoms with van der Waals surface area (Å²) >= 11 is 10.9. The van der Waals surface area contributed by atoms with Gasteiger partial charge >= 0.3 is 0 Å². The van der Waals surface area contributed by atoms with Gasteiger partial charge in [0.1, 0.15) is 6.29 Å². The maximum Gasteiger partial charge on any atom is 0.251 e. The first kappa shape index (κ1) is 33.7. The number of amides is 1. The Balaban J connectivity index is 0.00000216. The molecule has 1 amide bonds. The summed E-state index contributed by atoms with van der Waals surface area (Å²) in [5.74, 6) is -0.364. The van der Waals surface area contributed by atoms with Gasteiger partial charge in [-0.05, 0) is 67.0 Å². The molecule has 0 bridgehead atoms. The molecule has 44 heavy (non-hydrogen) atoms. The van der Waals surface area contributed by atoms with Gasteiger partial charge in [-0.2, -0.15) is 5.10 Å². The number of nitrogens with one attached hydrogen (secondary N) is 2. The second-order valence-electron chi connectivity index (χ2n) is 13.0. The van der Waals surface area contributed by atoms with Crippen LogP contribution >= 0.6 is 23.2 Å². The lowest BCUT2D eigenvalue weighted by molar-refractivity contribution is -0.134. The number of benzene rings is 2. The van der Waals surface area contributed by atoms with Crippen molar-refractivity contribution >= 4 is 57.2 Å². The average Bonchev–Trinajstić information content (AvgIpc) is 3.48. The monoisotopic (exact) mass is 639 g/mol. The molecule has 10 heteroatoms. The summed E-state index contributed by atoms with van der Waals surface area (Å²) in [4.78, 5) is 45.5. The number of H-pyrrole nitrogens is 2. The van der Waals surface area contributed by atoms with E-state index in [9.17, 15) is 14.4 Å². The maximum absolute atomic E-state index is 13.3. The molecule has 2 N–H and O–H groups in total. The summed E-state index contributed by atoms with van der Waals surface area (Å²) in [6.45, 7) is 9.43. The predicted octanol–water partition coefficient (Wildman–Crippen LogP) is 6.54. The van der Waals surface area contributed by atoms with Crippen LogP contribution in [0.1, 0.15) is 62.6 Å². The van der Waals surface area contributed by atoms with E-state index < -0.39 is 5.92 Å². The van der Waals surface area contributed by atoms with Gasteiger partial charge in [0.15, 0.2) is 0 Å². The fraction of sp³-hybridized carbons (Fsp3) is 0.471. The smallest absolute Gasteiger partial charge is 0.251 e. The van der Waals surface area contributed by atoms with E-state index in [1.165, 1.54) is 6.38 Å². The molecule has 0 saturated carbocycles. The number of rotatable bonds is 9. The highest BCUT2D eigenvalue weighted by atomic mass is 35.5. The molecule has 8 nitrogen and oxygen atoms in total. The van der Waals surface area contributed by atoms with Crippen LogP contribution in [0.25, 0.3) is 21.8 Å². The van der Waals surface area contributed by atoms with Crippen molar-refractivity contribution in [2.24, 2.45) is 11.3 Å². The van der Waals surface area contributed by atoms with Crippen molar-refractivity contribution in [3.63, 3.8) is 0 Å². The number of piperidine rings is 1. The van der Waals surface area contributed by atoms with Crippen molar-refractivity contribution in [1.29, 1.82) is 0 Å². The number of para-hydroxylation sites is 1. The van der Waals surface area contributed by atoms with Gasteiger partial charge in [0.05, 0.1) is 22.3 Å². The van der Waals surface area contributed by atoms with E-state index in [4.69, 9.17) is 11.6 Å². The number of hydrogen-bond donors (Lipinski definition) is 2. The van der Waals surface area contributed by atoms with Gasteiger partial charge in [-0.25, -0.2) is 0 Å². The molecule has 3 heterocycles. The Morgan fingerprint density at radius 2 is 1.91 bits per heavy atom. The van der Waals surface area contributed by atoms with E-state index in [1.807, 2.05) is 35.4 Å². The van der Waals surface area contributed by atoms with Crippen molar-refractivity contribution in [3.8, 4) is 0 Å². The predicted molar refractivity (Wildman–Crippen MR) is 180 cm³/mol. The van der Waals surface area contributed by atoms with E-state index in [0.29, 0.717) is 42.9 Å². The van der Waals surface area contributed by atoms with Gasteiger partial charge < -0.3 is 19.6 Å². The molecule has 0 aliphatic carbocycles. The summed E-state index contributed by atoms with van der Waals surface area (Å²) in [6, 6.07) is 11.6. The number of carbonyl (C=O) groups excluding carboxylic acids is 2. The third kappa shape index (κ3) is 8.09. The number of hydrogen-bond acceptors (Lipinski definition) is 5. The quantitative estimate of drug-likeness (QED) is 0.160. The summed E-state index contributed by atoms with van der Waals surface area (Å²) < 4.78 is 0. The van der Waals surface area contributed by atoms with E-state index in [-0.39, 0.29) is 29.2 Å². The van der Waals surface area contributed by atoms with Crippen molar-refractivity contribution in [2.45, 2.75) is 58.9 Å². The molecule has 4 aromatic rings. The minimum Gasteiger partial charge on any atom is -0.343 e. The van der Waals surface area contributed by atoms with E-state index in [2.05, 4.69) is 65.6 Å². The Labute approximate surface area is 269 Å². The normalized spacial score (nSPS) is 15.0. The highest BCUT2D eigenvalue weighted by Crippen LogP contribution is 2.30. The molecule has 1 aliphatic rings. The summed E-state index contributed by atoms with van der Waals surface area (Å²) in [5.41, 5.74) is 4.60. The van der Waals surface area contributed by atoms with Crippen LogP contribution in [0.3, 0.4) is 0 Å². The molecular formula is C34H43Cl2N5O3. The van der Waals surface area contributed by atoms with E-state index in [0.717, 1.165) is 52.4 Å². The largest absolute Gasteiger partial charge is 0.343 e. The first-order valence-electron chi connectivity index (χ1n) is 15.1. The molecular weight excluding hydrogens is 597 g/mol. The summed E-state index contributed by atoms with van der Waals surface area (Å²) in [5, 5.41) is 9.78. The number of aldehydes is 1. The number of halogens is 2. The fourth-order valence-corrected chi connectivity index (χ4v) is 6.62. The number of aromatic nitrogens is 3. The van der Waals surface area contributed by atoms with E-state index >= 15 is 0 Å². The number of alkyl halides is 1. The minimum absolute atomic E-state index is 0.0134. The molecule has 0 radical (unpaired) electrons. The maximum atomic E-state index is 13.3. The Hall–Kier alpha value is -3.20. The standard InChI is InChI=1S/C33H40ClN5O3.CH3Cl/c1-33(2,3)20-38(4)18-27-23(8-9-29-26(27)17-35-37-29)14-21(19-40)15-30(41)39-12-10-22(11-13-39)25-16-24-6-5-7-28(34)31(24)36-32(25)42;1-2/h5-9,16-17,19,21-22H,10-15,18,20H2,1-4H3,(H,35,37)(H,36,42);1H3. The van der Waals surface area contributed by atoms with E-state index in [1.54, 1.807) is 6.07 Å². The van der Waals surface area contributed by atoms with Crippen LogP contribution in [-0.4, -0.2) is 70.2 Å². The Morgan fingerprint density at radius 3 is 2.59 bits per heavy atom. The number of aromatic amines is 2. The van der Waals surface area contributed by atoms with Crippen LogP contribution in [-0.2, 0) is 22.6 Å². The number of carbonyl (C=O) groups is 2. The average molecular weight is 641 g/mol. The molecule has 5 rings (SSSR count). The van der Waals surface area contributed by atoms with Crippen molar-refractivity contribution in [2.75, 3.05) is 33.1 Å². The Kier molecular flexibility index (Phi) is 11.3. The van der Waals surface area contributed by atoms with Gasteiger partial charge in [0.25, 0.3) is 5.56 Å². The van der Waals surface area contributed by atoms with Gasteiger partial charge in [-0.3, -0.25) is 14.7 Å². The van der Waals surface area contributed by atoms with Crippen LogP contribution in [0.2, 0.25) is 5.02 Å². The van der Waals surface area contributed by atoms with Gasteiger partial charge in [-0.15, -0.1) is 11.6 Å². The van der Waals surface area contributed by atoms with Gasteiger partial charge in [-0.1, -0.05) is 50.6 Å². The van der Waals surface area contributed by atoms with Crippen molar-refractivity contribution in [3.05, 3.63) is 74.7 Å². The molecule has 1 fully saturated rings. The molecule has 2 aromatic heterocycles. The minimum atomic E-state index is -0.417. The number of pyridine rings is 1. The summed E-state index contributed by atoms with van der Waals surface area (Å²) in [6.07, 6.45) is 6.32. The van der Waals surface area contributed by atoms with Gasteiger partial charge in [0.2, 0.25) is 5.91 Å². The first-order chi connectivity index (χ1) is 21.0. The number of fused-ring (bicyclic) bond motifs is 2. The third-order valence-corrected chi connectivity index (χ3v) is 8.58. The number of likely N-dealkylation sites (tertiary alicyclic amines) is 1. The van der Waals surface area contributed by atoms with Crippen LogP contribution < -0.4 is 5.56 Å². The fourth-order valence-electron chi connectivity index (χ4n) is 6.39. The van der Waals surface area contributed by atoms with Crippen LogP contribution in [0, 0.1) is 11.3 Å². The zero-order chi connectivity index (χ0) is 32.0. The zero-order valence-corrected chi connectivity index (χ0v) is 27.8. The van der Waals surface area contributed by atoms with Crippen molar-refractivity contribution < 1.29 is 9.59 Å². The molecule has 0 spiro atoms. The van der Waals surface area contributed by atoms with Crippen molar-refractivity contribution in [1.82, 2.24) is 25.0 Å². The first-order valence-corrected chi connectivity index (χ1v) is 16.2. The molecule has 236 valence electrons. The third-order valence-electron chi connectivity index (χ3n) is 8.26. The second-order valence-corrected chi connectivity index (χ2v) is 13.4. The highest BCUT2D eigenvalue weighted by Gasteiger charge is 2.28. The van der Waals surface area contributed by atoms with Crippen LogP contribution in [0.4, 0.5) is 0 Å². The highest BCUT2D eigenvalue weighted by molar-refractivity contribution is 6.35. The number of nitrogens with zero attached hydrogens (tertiary/aromatic N) is 3. The Bertz CT molecular complexity index is 1650. The Morgan fingerprint density at radius 1 is 1.18 bits per heavy atom. The summed E-state index contributed by atoms with van der Waals surface area (Å²) in [7, 11) is 2.11. The topological polar surface area (TPSA) is 102 Å². The lowest BCUT2D eigenvalue weighted by Gasteiger charge is -2.32. The molecule has 1 unspecified atom stereocenters. The SMILES string of the molecule is CCl.CN(Cc1c(CC(C=O)CC(=O)N2CCC(c3cc4cccc(Cl)c4[nH]c3=O)CC2)ccc2[nH]ncc12)CC(C)(C)C.